The third-order valence-electron chi connectivity index (χ3n) is 3.13. The Balaban J connectivity index is 1.77. The quantitative estimate of drug-likeness (QED) is 0.787. The number of aromatic nitrogens is 2. The minimum Gasteiger partial charge on any atom is -0.467 e. The first-order valence-electron chi connectivity index (χ1n) is 6.69. The lowest BCUT2D eigenvalue weighted by Crippen LogP contribution is -2.23. The maximum absolute atomic E-state index is 12.2. The van der Waals surface area contributed by atoms with E-state index in [1.54, 1.807) is 23.7 Å². The molecule has 0 atom stereocenters. The summed E-state index contributed by atoms with van der Waals surface area (Å²) in [5, 5.41) is 11.2. The Morgan fingerprint density at radius 1 is 1.48 bits per heavy atom. The molecule has 3 aromatic heterocycles. The van der Waals surface area contributed by atoms with Gasteiger partial charge in [-0.1, -0.05) is 0 Å². The van der Waals surface area contributed by atoms with E-state index in [-0.39, 0.29) is 5.91 Å². The molecule has 3 aromatic rings. The van der Waals surface area contributed by atoms with Gasteiger partial charge in [-0.2, -0.15) is 16.4 Å². The molecule has 0 spiro atoms. The fourth-order valence-corrected chi connectivity index (χ4v) is 2.73. The predicted octanol–water partition coefficient (Wildman–Crippen LogP) is 3.15. The van der Waals surface area contributed by atoms with Crippen LogP contribution in [-0.2, 0) is 13.1 Å². The van der Waals surface area contributed by atoms with E-state index in [2.05, 4.69) is 10.4 Å². The van der Waals surface area contributed by atoms with E-state index in [1.807, 2.05) is 40.6 Å². The molecule has 108 valence electrons. The monoisotopic (exact) mass is 301 g/mol. The van der Waals surface area contributed by atoms with Crippen LogP contribution in [0.3, 0.4) is 0 Å². The molecule has 0 unspecified atom stereocenters. The first kappa shape index (κ1) is 13.6. The third kappa shape index (κ3) is 2.90. The molecular weight excluding hydrogens is 286 g/mol. The van der Waals surface area contributed by atoms with E-state index in [4.69, 9.17) is 4.42 Å². The van der Waals surface area contributed by atoms with Gasteiger partial charge in [0.15, 0.2) is 5.69 Å². The van der Waals surface area contributed by atoms with Crippen molar-refractivity contribution in [3.8, 4) is 11.3 Å². The first-order chi connectivity index (χ1) is 10.3. The van der Waals surface area contributed by atoms with Crippen LogP contribution >= 0.6 is 11.3 Å². The van der Waals surface area contributed by atoms with E-state index in [9.17, 15) is 4.79 Å². The van der Waals surface area contributed by atoms with Crippen LogP contribution in [0.4, 0.5) is 0 Å². The molecule has 21 heavy (non-hydrogen) atoms. The molecule has 0 radical (unpaired) electrons. The second-order valence-corrected chi connectivity index (χ2v) is 5.28. The van der Waals surface area contributed by atoms with Crippen LogP contribution in [0.1, 0.15) is 23.2 Å². The lowest BCUT2D eigenvalue weighted by molar-refractivity contribution is 0.0942. The average molecular weight is 301 g/mol. The highest BCUT2D eigenvalue weighted by Crippen LogP contribution is 2.23. The summed E-state index contributed by atoms with van der Waals surface area (Å²) in [7, 11) is 0. The molecule has 3 heterocycles. The summed E-state index contributed by atoms with van der Waals surface area (Å²) in [6, 6.07) is 7.46. The number of hydrogen-bond acceptors (Lipinski definition) is 4. The Hall–Kier alpha value is -2.34. The van der Waals surface area contributed by atoms with Crippen LogP contribution in [0.2, 0.25) is 0 Å². The van der Waals surface area contributed by atoms with E-state index in [0.717, 1.165) is 23.6 Å². The summed E-state index contributed by atoms with van der Waals surface area (Å²) >= 11 is 1.63. The largest absolute Gasteiger partial charge is 0.467 e. The first-order valence-corrected chi connectivity index (χ1v) is 7.63. The molecule has 0 bridgehead atoms. The van der Waals surface area contributed by atoms with Crippen molar-refractivity contribution in [3.63, 3.8) is 0 Å². The maximum Gasteiger partial charge on any atom is 0.272 e. The number of carbonyl (C=O) groups is 1. The average Bonchev–Trinajstić information content (AvgIpc) is 3.24. The van der Waals surface area contributed by atoms with Crippen molar-refractivity contribution in [2.45, 2.75) is 20.0 Å². The molecule has 0 aromatic carbocycles. The number of carbonyl (C=O) groups excluding carboxylic acids is 1. The minimum atomic E-state index is -0.199. The zero-order valence-electron chi connectivity index (χ0n) is 11.6. The summed E-state index contributed by atoms with van der Waals surface area (Å²) in [4.78, 5) is 12.2. The molecule has 0 aliphatic heterocycles. The van der Waals surface area contributed by atoms with Gasteiger partial charge in [-0.05, 0) is 36.6 Å². The van der Waals surface area contributed by atoms with Crippen molar-refractivity contribution in [1.82, 2.24) is 15.1 Å². The SMILES string of the molecule is CCn1nc(C(=O)NCc2ccco2)cc1-c1ccsc1. The highest BCUT2D eigenvalue weighted by Gasteiger charge is 2.15. The summed E-state index contributed by atoms with van der Waals surface area (Å²) in [5.41, 5.74) is 2.46. The van der Waals surface area contributed by atoms with Gasteiger partial charge in [0.05, 0.1) is 18.5 Å². The van der Waals surface area contributed by atoms with Gasteiger partial charge in [0.1, 0.15) is 5.76 Å². The van der Waals surface area contributed by atoms with Gasteiger partial charge in [0, 0.05) is 17.5 Å². The Labute approximate surface area is 126 Å². The summed E-state index contributed by atoms with van der Waals surface area (Å²) in [6.07, 6.45) is 1.59. The Morgan fingerprint density at radius 2 is 2.38 bits per heavy atom. The molecule has 3 rings (SSSR count). The van der Waals surface area contributed by atoms with Crippen LogP contribution in [0.15, 0.2) is 45.7 Å². The van der Waals surface area contributed by atoms with Crippen molar-refractivity contribution in [2.24, 2.45) is 0 Å². The zero-order valence-corrected chi connectivity index (χ0v) is 12.4. The minimum absolute atomic E-state index is 0.199. The van der Waals surface area contributed by atoms with E-state index >= 15 is 0 Å². The lowest BCUT2D eigenvalue weighted by Gasteiger charge is -2.01. The Bertz CT molecular complexity index is 714. The fourth-order valence-electron chi connectivity index (χ4n) is 2.08. The van der Waals surface area contributed by atoms with E-state index in [0.29, 0.717) is 12.2 Å². The highest BCUT2D eigenvalue weighted by molar-refractivity contribution is 7.08. The number of hydrogen-bond donors (Lipinski definition) is 1. The maximum atomic E-state index is 12.2. The van der Waals surface area contributed by atoms with Crippen LogP contribution < -0.4 is 5.32 Å². The van der Waals surface area contributed by atoms with Gasteiger partial charge in [-0.25, -0.2) is 0 Å². The normalized spacial score (nSPS) is 10.7. The molecule has 0 saturated heterocycles. The Kier molecular flexibility index (Phi) is 3.87. The number of aryl methyl sites for hydroxylation is 1. The van der Waals surface area contributed by atoms with Gasteiger partial charge in [-0.3, -0.25) is 9.48 Å². The predicted molar refractivity (Wildman–Crippen MR) is 81.1 cm³/mol. The van der Waals surface area contributed by atoms with Gasteiger partial charge in [0.2, 0.25) is 0 Å². The van der Waals surface area contributed by atoms with Crippen molar-refractivity contribution in [1.29, 1.82) is 0 Å². The van der Waals surface area contributed by atoms with Gasteiger partial charge in [0.25, 0.3) is 5.91 Å². The Morgan fingerprint density at radius 3 is 3.05 bits per heavy atom. The molecule has 0 saturated carbocycles. The second kappa shape index (κ2) is 5.97. The van der Waals surface area contributed by atoms with Crippen LogP contribution in [0.5, 0.6) is 0 Å². The summed E-state index contributed by atoms with van der Waals surface area (Å²) < 4.78 is 7.03. The smallest absolute Gasteiger partial charge is 0.272 e. The van der Waals surface area contributed by atoms with Gasteiger partial charge >= 0.3 is 0 Å². The van der Waals surface area contributed by atoms with Gasteiger partial charge < -0.3 is 9.73 Å². The number of rotatable bonds is 5. The van der Waals surface area contributed by atoms with Crippen molar-refractivity contribution < 1.29 is 9.21 Å². The standard InChI is InChI=1S/C15H15N3O2S/c1-2-18-14(11-5-7-21-10-11)8-13(17-18)15(19)16-9-12-4-3-6-20-12/h3-8,10H,2,9H2,1H3,(H,16,19). The molecule has 0 aliphatic rings. The van der Waals surface area contributed by atoms with Crippen molar-refractivity contribution in [3.05, 3.63) is 52.7 Å². The second-order valence-electron chi connectivity index (χ2n) is 4.50. The number of nitrogens with zero attached hydrogens (tertiary/aromatic N) is 2. The van der Waals surface area contributed by atoms with Crippen LogP contribution in [-0.4, -0.2) is 15.7 Å². The molecule has 0 fully saturated rings. The van der Waals surface area contributed by atoms with Gasteiger partial charge in [-0.15, -0.1) is 0 Å². The zero-order chi connectivity index (χ0) is 14.7. The number of furan rings is 1. The number of thiophene rings is 1. The van der Waals surface area contributed by atoms with Crippen LogP contribution in [0, 0.1) is 0 Å². The van der Waals surface area contributed by atoms with E-state index < -0.39 is 0 Å². The molecule has 0 aliphatic carbocycles. The highest BCUT2D eigenvalue weighted by atomic mass is 32.1. The molecule has 5 nitrogen and oxygen atoms in total. The lowest BCUT2D eigenvalue weighted by atomic mass is 10.2. The molecule has 6 heteroatoms. The third-order valence-corrected chi connectivity index (χ3v) is 3.82. The fraction of sp³-hybridized carbons (Fsp3) is 0.200. The summed E-state index contributed by atoms with van der Waals surface area (Å²) in [6.45, 7) is 3.09. The molecular formula is C15H15N3O2S. The number of amides is 1. The van der Waals surface area contributed by atoms with Crippen LogP contribution in [0.25, 0.3) is 11.3 Å². The molecule has 1 N–H and O–H groups in total. The van der Waals surface area contributed by atoms with E-state index in [1.165, 1.54) is 0 Å². The van der Waals surface area contributed by atoms with Crippen molar-refractivity contribution in [2.75, 3.05) is 0 Å². The number of nitrogens with one attached hydrogen (secondary N) is 1. The molecule has 1 amide bonds. The van der Waals surface area contributed by atoms with Crippen molar-refractivity contribution >= 4 is 17.2 Å². The topological polar surface area (TPSA) is 60.1 Å². The summed E-state index contributed by atoms with van der Waals surface area (Å²) in [5.74, 6) is 0.520.